The molecule has 2 heterocycles. The highest BCUT2D eigenvalue weighted by Crippen LogP contribution is 2.29. The number of nitrogens with two attached hydrogens (primary N) is 1. The number of aryl methyl sites for hydroxylation is 1. The lowest BCUT2D eigenvalue weighted by Crippen LogP contribution is -2.48. The van der Waals surface area contributed by atoms with Gasteiger partial charge in [-0.3, -0.25) is 14.4 Å². The topological polar surface area (TPSA) is 180 Å². The van der Waals surface area contributed by atoms with Crippen LogP contribution in [-0.4, -0.2) is 70.1 Å². The summed E-state index contributed by atoms with van der Waals surface area (Å²) in [4.78, 5) is 39.8. The molecule has 1 saturated carbocycles. The molecule has 3 amide bonds. The fourth-order valence-electron chi connectivity index (χ4n) is 6.61. The van der Waals surface area contributed by atoms with Crippen molar-refractivity contribution in [1.82, 2.24) is 36.6 Å². The van der Waals surface area contributed by atoms with E-state index in [-0.39, 0.29) is 29.7 Å². The van der Waals surface area contributed by atoms with Crippen molar-refractivity contribution < 1.29 is 14.4 Å². The average molecular weight is 650 g/mol. The maximum atomic E-state index is 13.7. The van der Waals surface area contributed by atoms with E-state index >= 15 is 0 Å². The second-order valence-corrected chi connectivity index (χ2v) is 12.9. The number of aromatic nitrogens is 4. The normalized spacial score (nSPS) is 19.8. The Balaban J connectivity index is 1.14. The molecule has 12 heteroatoms. The van der Waals surface area contributed by atoms with Gasteiger partial charge in [0.15, 0.2) is 0 Å². The van der Waals surface area contributed by atoms with E-state index in [2.05, 4.69) is 41.9 Å². The maximum absolute atomic E-state index is 13.7. The molecule has 1 aliphatic heterocycles. The van der Waals surface area contributed by atoms with E-state index < -0.39 is 6.04 Å². The van der Waals surface area contributed by atoms with Crippen LogP contribution in [0.15, 0.2) is 66.7 Å². The summed E-state index contributed by atoms with van der Waals surface area (Å²) in [5.74, 6) is 0.318. The molecule has 2 unspecified atom stereocenters. The number of carbonyl (C=O) groups excluding carboxylic acids is 3. The SMILES string of the molecule is Cc1cc(C(=O)NC2CCNC2)ccc1-c1ccc(CC(NC(=O)C2CCC(CN)CC2)C(=O)Nc2ccc(-c3nn[nH]n3)cc2)cc1. The van der Waals surface area contributed by atoms with Gasteiger partial charge in [0, 0.05) is 41.7 Å². The Morgan fingerprint density at radius 1 is 0.938 bits per heavy atom. The molecule has 0 spiro atoms. The first-order chi connectivity index (χ1) is 23.4. The lowest BCUT2D eigenvalue weighted by atomic mass is 9.81. The number of rotatable bonds is 11. The molecule has 2 atom stereocenters. The van der Waals surface area contributed by atoms with Gasteiger partial charge in [-0.2, -0.15) is 5.21 Å². The number of anilines is 1. The van der Waals surface area contributed by atoms with Gasteiger partial charge in [0.05, 0.1) is 0 Å². The third-order valence-electron chi connectivity index (χ3n) is 9.53. The van der Waals surface area contributed by atoms with Crippen molar-refractivity contribution in [3.8, 4) is 22.5 Å². The first kappa shape index (κ1) is 33.0. The van der Waals surface area contributed by atoms with Crippen LogP contribution in [0.3, 0.4) is 0 Å². The summed E-state index contributed by atoms with van der Waals surface area (Å²) in [6, 6.07) is 20.3. The Hall–Kier alpha value is -4.94. The van der Waals surface area contributed by atoms with E-state index in [1.165, 1.54) is 0 Å². The molecule has 250 valence electrons. The van der Waals surface area contributed by atoms with Crippen LogP contribution in [0.4, 0.5) is 5.69 Å². The van der Waals surface area contributed by atoms with Gasteiger partial charge < -0.3 is 27.0 Å². The Labute approximate surface area is 280 Å². The molecule has 6 rings (SSSR count). The Bertz CT molecular complexity index is 1690. The zero-order valence-corrected chi connectivity index (χ0v) is 27.2. The minimum absolute atomic E-state index is 0.0598. The molecule has 1 saturated heterocycles. The highest BCUT2D eigenvalue weighted by Gasteiger charge is 2.29. The molecule has 3 aromatic carbocycles. The highest BCUT2D eigenvalue weighted by atomic mass is 16.2. The smallest absolute Gasteiger partial charge is 0.251 e. The van der Waals surface area contributed by atoms with E-state index in [0.717, 1.165) is 73.0 Å². The number of hydrogen-bond acceptors (Lipinski definition) is 8. The number of amides is 3. The molecule has 2 aliphatic rings. The van der Waals surface area contributed by atoms with Crippen molar-refractivity contribution in [3.63, 3.8) is 0 Å². The lowest BCUT2D eigenvalue weighted by Gasteiger charge is -2.28. The Morgan fingerprint density at radius 3 is 2.33 bits per heavy atom. The Morgan fingerprint density at radius 2 is 1.69 bits per heavy atom. The fraction of sp³-hybridized carbons (Fsp3) is 0.389. The molecule has 1 aromatic heterocycles. The van der Waals surface area contributed by atoms with E-state index in [1.54, 1.807) is 24.3 Å². The fourth-order valence-corrected chi connectivity index (χ4v) is 6.61. The zero-order chi connectivity index (χ0) is 33.5. The lowest BCUT2D eigenvalue weighted by molar-refractivity contribution is -0.130. The number of carbonyl (C=O) groups is 3. The number of nitrogens with one attached hydrogen (secondary N) is 5. The van der Waals surface area contributed by atoms with Crippen LogP contribution in [0.1, 0.15) is 53.6 Å². The largest absolute Gasteiger partial charge is 0.348 e. The van der Waals surface area contributed by atoms with E-state index in [0.29, 0.717) is 36.0 Å². The molecule has 7 N–H and O–H groups in total. The van der Waals surface area contributed by atoms with Gasteiger partial charge in [0.2, 0.25) is 17.6 Å². The third kappa shape index (κ3) is 8.12. The number of H-pyrrole nitrogens is 1. The predicted octanol–water partition coefficient (Wildman–Crippen LogP) is 3.36. The number of nitrogens with zero attached hydrogens (tertiary/aromatic N) is 3. The first-order valence-corrected chi connectivity index (χ1v) is 16.7. The summed E-state index contributed by atoms with van der Waals surface area (Å²) in [5.41, 5.74) is 11.8. The minimum atomic E-state index is -0.776. The van der Waals surface area contributed by atoms with E-state index in [4.69, 9.17) is 5.73 Å². The zero-order valence-electron chi connectivity index (χ0n) is 27.2. The van der Waals surface area contributed by atoms with Gasteiger partial charge in [-0.15, -0.1) is 10.2 Å². The second-order valence-electron chi connectivity index (χ2n) is 12.9. The summed E-state index contributed by atoms with van der Waals surface area (Å²) in [5, 5.41) is 26.4. The summed E-state index contributed by atoms with van der Waals surface area (Å²) >= 11 is 0. The molecular formula is C36H43N9O3. The Kier molecular flexibility index (Phi) is 10.5. The maximum Gasteiger partial charge on any atom is 0.251 e. The van der Waals surface area contributed by atoms with Crippen molar-refractivity contribution in [2.45, 2.75) is 57.5 Å². The van der Waals surface area contributed by atoms with Gasteiger partial charge in [-0.05, 0) is 122 Å². The van der Waals surface area contributed by atoms with E-state index in [9.17, 15) is 14.4 Å². The quantitative estimate of drug-likeness (QED) is 0.143. The van der Waals surface area contributed by atoms with E-state index in [1.807, 2.05) is 49.4 Å². The number of aromatic amines is 1. The van der Waals surface area contributed by atoms with Crippen molar-refractivity contribution in [2.24, 2.45) is 17.6 Å². The van der Waals surface area contributed by atoms with Crippen LogP contribution in [0.25, 0.3) is 22.5 Å². The molecule has 12 nitrogen and oxygen atoms in total. The second kappa shape index (κ2) is 15.3. The minimum Gasteiger partial charge on any atom is -0.348 e. The summed E-state index contributed by atoms with van der Waals surface area (Å²) in [6.07, 6.45) is 4.64. The van der Waals surface area contributed by atoms with Crippen LogP contribution in [0.2, 0.25) is 0 Å². The molecule has 1 aliphatic carbocycles. The summed E-state index contributed by atoms with van der Waals surface area (Å²) in [7, 11) is 0. The summed E-state index contributed by atoms with van der Waals surface area (Å²) in [6.45, 7) is 4.36. The van der Waals surface area contributed by atoms with Crippen molar-refractivity contribution in [2.75, 3.05) is 25.0 Å². The van der Waals surface area contributed by atoms with Crippen molar-refractivity contribution in [1.29, 1.82) is 0 Å². The van der Waals surface area contributed by atoms with Crippen LogP contribution < -0.4 is 27.0 Å². The van der Waals surface area contributed by atoms with Gasteiger partial charge >= 0.3 is 0 Å². The van der Waals surface area contributed by atoms with Crippen LogP contribution >= 0.6 is 0 Å². The van der Waals surface area contributed by atoms with Crippen LogP contribution in [-0.2, 0) is 16.0 Å². The van der Waals surface area contributed by atoms with Crippen molar-refractivity contribution >= 4 is 23.4 Å². The molecule has 2 fully saturated rings. The highest BCUT2D eigenvalue weighted by molar-refractivity contribution is 5.98. The average Bonchev–Trinajstić information content (AvgIpc) is 3.84. The van der Waals surface area contributed by atoms with Gasteiger partial charge in [-0.1, -0.05) is 30.3 Å². The predicted molar refractivity (Wildman–Crippen MR) is 184 cm³/mol. The molecule has 4 aromatic rings. The third-order valence-corrected chi connectivity index (χ3v) is 9.53. The number of benzene rings is 3. The molecular weight excluding hydrogens is 606 g/mol. The van der Waals surface area contributed by atoms with Gasteiger partial charge in [0.25, 0.3) is 5.91 Å². The number of tetrazole rings is 1. The van der Waals surface area contributed by atoms with Crippen LogP contribution in [0, 0.1) is 18.8 Å². The molecule has 0 bridgehead atoms. The standard InChI is InChI=1S/C36H43N9O3/c1-22-18-28(35(47)40-30-16-17-38-21-30)12-15-31(22)25-6-2-23(3-7-25)19-32(41-34(46)27-8-4-24(20-37)5-9-27)36(48)39-29-13-10-26(11-14-29)33-42-44-45-43-33/h2-3,6-7,10-15,18,24,27,30,32,38H,4-5,8-9,16-17,19-21,37H2,1H3,(H,39,48)(H,40,47)(H,41,46)(H,42,43,44,45). The van der Waals surface area contributed by atoms with Gasteiger partial charge in [-0.25, -0.2) is 0 Å². The first-order valence-electron chi connectivity index (χ1n) is 16.7. The monoisotopic (exact) mass is 649 g/mol. The van der Waals surface area contributed by atoms with Gasteiger partial charge in [0.1, 0.15) is 6.04 Å². The van der Waals surface area contributed by atoms with Crippen LogP contribution in [0.5, 0.6) is 0 Å². The van der Waals surface area contributed by atoms with Crippen molar-refractivity contribution in [3.05, 3.63) is 83.4 Å². The summed E-state index contributed by atoms with van der Waals surface area (Å²) < 4.78 is 0. The number of hydrogen-bond donors (Lipinski definition) is 6. The molecule has 48 heavy (non-hydrogen) atoms. The molecule has 0 radical (unpaired) electrons.